The SMILES string of the molecule is Cc1ccc(CNCC(=O)Nc2ccccc2C)s1. The Morgan fingerprint density at radius 2 is 1.95 bits per heavy atom. The van der Waals surface area contributed by atoms with Crippen molar-refractivity contribution < 1.29 is 4.79 Å². The van der Waals surface area contributed by atoms with Crippen LogP contribution in [0.4, 0.5) is 5.69 Å². The van der Waals surface area contributed by atoms with Crippen molar-refractivity contribution in [3.63, 3.8) is 0 Å². The second-order valence-corrected chi connectivity index (χ2v) is 5.85. The van der Waals surface area contributed by atoms with Gasteiger partial charge in [-0.3, -0.25) is 4.79 Å². The molecule has 0 fully saturated rings. The molecule has 1 amide bonds. The van der Waals surface area contributed by atoms with Crippen LogP contribution in [0.15, 0.2) is 36.4 Å². The average molecular weight is 274 g/mol. The molecular weight excluding hydrogens is 256 g/mol. The van der Waals surface area contributed by atoms with Gasteiger partial charge in [-0.25, -0.2) is 0 Å². The van der Waals surface area contributed by atoms with Gasteiger partial charge in [0.1, 0.15) is 0 Å². The summed E-state index contributed by atoms with van der Waals surface area (Å²) >= 11 is 1.75. The molecule has 0 saturated heterocycles. The smallest absolute Gasteiger partial charge is 0.238 e. The summed E-state index contributed by atoms with van der Waals surface area (Å²) in [4.78, 5) is 14.3. The van der Waals surface area contributed by atoms with Crippen LogP contribution in [-0.4, -0.2) is 12.5 Å². The molecule has 0 spiro atoms. The summed E-state index contributed by atoms with van der Waals surface area (Å²) in [5.41, 5.74) is 1.95. The maximum atomic E-state index is 11.8. The van der Waals surface area contributed by atoms with Crippen LogP contribution in [0, 0.1) is 13.8 Å². The molecule has 2 N–H and O–H groups in total. The molecule has 2 aromatic rings. The minimum Gasteiger partial charge on any atom is -0.325 e. The maximum absolute atomic E-state index is 11.8. The van der Waals surface area contributed by atoms with Crippen LogP contribution in [0.1, 0.15) is 15.3 Å². The van der Waals surface area contributed by atoms with Crippen LogP contribution in [0.5, 0.6) is 0 Å². The van der Waals surface area contributed by atoms with Crippen molar-refractivity contribution in [2.75, 3.05) is 11.9 Å². The number of carbonyl (C=O) groups excluding carboxylic acids is 1. The highest BCUT2D eigenvalue weighted by molar-refractivity contribution is 7.11. The second-order valence-electron chi connectivity index (χ2n) is 4.48. The molecule has 1 heterocycles. The van der Waals surface area contributed by atoms with Gasteiger partial charge in [-0.2, -0.15) is 0 Å². The van der Waals surface area contributed by atoms with Gasteiger partial charge < -0.3 is 10.6 Å². The first-order valence-electron chi connectivity index (χ1n) is 6.26. The van der Waals surface area contributed by atoms with Crippen molar-refractivity contribution in [3.8, 4) is 0 Å². The summed E-state index contributed by atoms with van der Waals surface area (Å²) in [5, 5.41) is 6.06. The lowest BCUT2D eigenvalue weighted by molar-refractivity contribution is -0.115. The van der Waals surface area contributed by atoms with Crippen LogP contribution < -0.4 is 10.6 Å². The summed E-state index contributed by atoms with van der Waals surface area (Å²) in [6.07, 6.45) is 0. The molecule has 0 radical (unpaired) electrons. The summed E-state index contributed by atoms with van der Waals surface area (Å²) in [7, 11) is 0. The van der Waals surface area contributed by atoms with E-state index >= 15 is 0 Å². The lowest BCUT2D eigenvalue weighted by atomic mass is 10.2. The quantitative estimate of drug-likeness (QED) is 0.879. The van der Waals surface area contributed by atoms with E-state index in [2.05, 4.69) is 29.7 Å². The number of nitrogens with one attached hydrogen (secondary N) is 2. The summed E-state index contributed by atoms with van der Waals surface area (Å²) in [6.45, 7) is 5.13. The third-order valence-electron chi connectivity index (χ3n) is 2.80. The molecule has 3 nitrogen and oxygen atoms in total. The number of benzene rings is 1. The van der Waals surface area contributed by atoms with Crippen LogP contribution in [-0.2, 0) is 11.3 Å². The minimum atomic E-state index is -0.0115. The van der Waals surface area contributed by atoms with E-state index in [1.807, 2.05) is 31.2 Å². The van der Waals surface area contributed by atoms with Gasteiger partial charge in [-0.05, 0) is 37.6 Å². The second kappa shape index (κ2) is 6.50. The van der Waals surface area contributed by atoms with Crippen molar-refractivity contribution in [1.82, 2.24) is 5.32 Å². The molecule has 0 aliphatic carbocycles. The molecule has 1 aromatic carbocycles. The third-order valence-corrected chi connectivity index (χ3v) is 3.80. The Balaban J connectivity index is 1.77. The van der Waals surface area contributed by atoms with Crippen LogP contribution in [0.2, 0.25) is 0 Å². The number of para-hydroxylation sites is 1. The van der Waals surface area contributed by atoms with Crippen LogP contribution in [0.3, 0.4) is 0 Å². The van der Waals surface area contributed by atoms with E-state index < -0.39 is 0 Å². The van der Waals surface area contributed by atoms with Gasteiger partial charge in [0.2, 0.25) is 5.91 Å². The number of aryl methyl sites for hydroxylation is 2. The third kappa shape index (κ3) is 4.19. The first-order chi connectivity index (χ1) is 9.15. The molecule has 0 unspecified atom stereocenters. The molecule has 0 atom stereocenters. The topological polar surface area (TPSA) is 41.1 Å². The Kier molecular flexibility index (Phi) is 4.71. The zero-order valence-electron chi connectivity index (χ0n) is 11.2. The molecule has 0 saturated carbocycles. The van der Waals surface area contributed by atoms with Crippen molar-refractivity contribution in [2.45, 2.75) is 20.4 Å². The minimum absolute atomic E-state index is 0.0115. The number of hydrogen-bond acceptors (Lipinski definition) is 3. The monoisotopic (exact) mass is 274 g/mol. The predicted molar refractivity (Wildman–Crippen MR) is 80.6 cm³/mol. The first-order valence-corrected chi connectivity index (χ1v) is 7.08. The summed E-state index contributed by atoms with van der Waals surface area (Å²) < 4.78 is 0. The van der Waals surface area contributed by atoms with E-state index in [1.54, 1.807) is 11.3 Å². The van der Waals surface area contributed by atoms with Gasteiger partial charge in [0.15, 0.2) is 0 Å². The summed E-state index contributed by atoms with van der Waals surface area (Å²) in [5.74, 6) is -0.0115. The predicted octanol–water partition coefficient (Wildman–Crippen LogP) is 3.09. The molecule has 0 aliphatic heterocycles. The highest BCUT2D eigenvalue weighted by atomic mass is 32.1. The van der Waals surface area contributed by atoms with E-state index in [4.69, 9.17) is 0 Å². The fraction of sp³-hybridized carbons (Fsp3) is 0.267. The normalized spacial score (nSPS) is 10.4. The summed E-state index contributed by atoms with van der Waals surface area (Å²) in [6, 6.07) is 12.0. The number of thiophene rings is 1. The zero-order valence-corrected chi connectivity index (χ0v) is 12.0. The Bertz CT molecular complexity index is 563. The molecule has 100 valence electrons. The number of carbonyl (C=O) groups is 1. The molecule has 1 aromatic heterocycles. The van der Waals surface area contributed by atoms with Crippen molar-refractivity contribution >= 4 is 22.9 Å². The van der Waals surface area contributed by atoms with Crippen molar-refractivity contribution in [3.05, 3.63) is 51.7 Å². The number of rotatable bonds is 5. The number of anilines is 1. The molecule has 0 bridgehead atoms. The van der Waals surface area contributed by atoms with E-state index in [-0.39, 0.29) is 5.91 Å². The highest BCUT2D eigenvalue weighted by Gasteiger charge is 2.04. The largest absolute Gasteiger partial charge is 0.325 e. The molecular formula is C15H18N2OS. The van der Waals surface area contributed by atoms with E-state index in [0.717, 1.165) is 17.8 Å². The van der Waals surface area contributed by atoms with Crippen molar-refractivity contribution in [1.29, 1.82) is 0 Å². The Labute approximate surface area is 117 Å². The van der Waals surface area contributed by atoms with Crippen LogP contribution in [0.25, 0.3) is 0 Å². The van der Waals surface area contributed by atoms with Gasteiger partial charge in [0, 0.05) is 22.0 Å². The van der Waals surface area contributed by atoms with E-state index in [9.17, 15) is 4.79 Å². The Hall–Kier alpha value is -1.65. The lowest BCUT2D eigenvalue weighted by Gasteiger charge is -2.08. The Morgan fingerprint density at radius 3 is 2.63 bits per heavy atom. The zero-order chi connectivity index (χ0) is 13.7. The Morgan fingerprint density at radius 1 is 1.16 bits per heavy atom. The van der Waals surface area contributed by atoms with Gasteiger partial charge in [0.25, 0.3) is 0 Å². The maximum Gasteiger partial charge on any atom is 0.238 e. The molecule has 4 heteroatoms. The van der Waals surface area contributed by atoms with Gasteiger partial charge >= 0.3 is 0 Å². The van der Waals surface area contributed by atoms with Crippen LogP contribution >= 0.6 is 11.3 Å². The van der Waals surface area contributed by atoms with Gasteiger partial charge in [-0.1, -0.05) is 18.2 Å². The lowest BCUT2D eigenvalue weighted by Crippen LogP contribution is -2.27. The fourth-order valence-corrected chi connectivity index (χ4v) is 2.65. The van der Waals surface area contributed by atoms with Gasteiger partial charge in [0.05, 0.1) is 6.54 Å². The van der Waals surface area contributed by atoms with E-state index in [0.29, 0.717) is 6.54 Å². The van der Waals surface area contributed by atoms with Gasteiger partial charge in [-0.15, -0.1) is 11.3 Å². The van der Waals surface area contributed by atoms with Crippen molar-refractivity contribution in [2.24, 2.45) is 0 Å². The standard InChI is InChI=1S/C15H18N2OS/c1-11-5-3-4-6-14(11)17-15(18)10-16-9-13-8-7-12(2)19-13/h3-8,16H,9-10H2,1-2H3,(H,17,18). The number of hydrogen-bond donors (Lipinski definition) is 2. The highest BCUT2D eigenvalue weighted by Crippen LogP contribution is 2.14. The molecule has 19 heavy (non-hydrogen) atoms. The molecule has 0 aliphatic rings. The fourth-order valence-electron chi connectivity index (χ4n) is 1.79. The number of amides is 1. The molecule has 2 rings (SSSR count). The van der Waals surface area contributed by atoms with E-state index in [1.165, 1.54) is 9.75 Å². The average Bonchev–Trinajstić information content (AvgIpc) is 2.78. The first kappa shape index (κ1) is 13.8.